The van der Waals surface area contributed by atoms with E-state index in [0.717, 1.165) is 6.42 Å². The van der Waals surface area contributed by atoms with E-state index in [-0.39, 0.29) is 0 Å². The fraction of sp³-hybridized carbons (Fsp3) is 0.250. The second-order valence-electron chi connectivity index (χ2n) is 5.19. The van der Waals surface area contributed by atoms with E-state index in [2.05, 4.69) is 53.6 Å². The molecule has 0 saturated heterocycles. The molecular weight excluding hydrogens is 856 g/mol. The molecule has 0 aromatic rings. The molecule has 4 rings (SSSR count). The molecule has 0 fully saturated rings. The zero-order valence-electron chi connectivity index (χ0n) is 13.9. The first kappa shape index (κ1) is 21.7. The van der Waals surface area contributed by atoms with Crippen LogP contribution < -0.4 is 0 Å². The summed E-state index contributed by atoms with van der Waals surface area (Å²) in [5.41, 5.74) is 0. The Morgan fingerprint density at radius 1 is 0.731 bits per heavy atom. The molecule has 4 heterocycles. The minimum absolute atomic E-state index is 0.416. The number of hydrogen-bond acceptors (Lipinski definition) is 2. The molecule has 0 aliphatic carbocycles. The first-order valence-corrected chi connectivity index (χ1v) is 23.8. The molecule has 0 atom stereocenters. The van der Waals surface area contributed by atoms with Gasteiger partial charge < -0.3 is 0 Å². The van der Waals surface area contributed by atoms with Gasteiger partial charge in [-0.2, -0.15) is 0 Å². The first-order chi connectivity index (χ1) is 12.7. The molecule has 26 heavy (non-hydrogen) atoms. The van der Waals surface area contributed by atoms with Crippen molar-refractivity contribution in [3.63, 3.8) is 0 Å². The van der Waals surface area contributed by atoms with E-state index in [4.69, 9.17) is 7.64 Å². The van der Waals surface area contributed by atoms with Gasteiger partial charge >= 0.3 is 205 Å². The Bertz CT molecular complexity index is 673. The zero-order valence-corrected chi connectivity index (χ0v) is 27.6. The molecular formula is C16H16O2Se8. The van der Waals surface area contributed by atoms with Gasteiger partial charge in [0.2, 0.25) is 0 Å². The van der Waals surface area contributed by atoms with Gasteiger partial charge in [0.1, 0.15) is 0 Å². The maximum atomic E-state index is 6.79. The molecule has 140 valence electrons. The van der Waals surface area contributed by atoms with E-state index in [9.17, 15) is 0 Å². The zero-order chi connectivity index (χ0) is 18.0. The summed E-state index contributed by atoms with van der Waals surface area (Å²) in [6, 6.07) is 0. The van der Waals surface area contributed by atoms with Crippen molar-refractivity contribution in [2.75, 3.05) is 0 Å². The van der Waals surface area contributed by atoms with Gasteiger partial charge in [-0.3, -0.25) is 0 Å². The van der Waals surface area contributed by atoms with Crippen LogP contribution >= 0.6 is 0 Å². The summed E-state index contributed by atoms with van der Waals surface area (Å²) in [6.07, 6.45) is 0.934. The van der Waals surface area contributed by atoms with Crippen molar-refractivity contribution >= 4 is 118 Å². The van der Waals surface area contributed by atoms with Crippen molar-refractivity contribution in [1.82, 2.24) is 0 Å². The van der Waals surface area contributed by atoms with Gasteiger partial charge in [-0.25, -0.2) is 0 Å². The Morgan fingerprint density at radius 2 is 1.15 bits per heavy atom. The fourth-order valence-electron chi connectivity index (χ4n) is 2.01. The molecule has 0 N–H and O–H groups in total. The van der Waals surface area contributed by atoms with Gasteiger partial charge in [-0.1, -0.05) is 0 Å². The molecule has 0 aromatic carbocycles. The Morgan fingerprint density at radius 3 is 1.54 bits per heavy atom. The van der Waals surface area contributed by atoms with Crippen LogP contribution in [-0.2, 0) is 7.64 Å². The summed E-state index contributed by atoms with van der Waals surface area (Å²) in [7, 11) is 0. The molecule has 0 saturated carbocycles. The Kier molecular flexibility index (Phi) is 8.54. The van der Waals surface area contributed by atoms with Gasteiger partial charge in [0.15, 0.2) is 0 Å². The summed E-state index contributed by atoms with van der Waals surface area (Å²) in [5.74, 6) is -0.416. The van der Waals surface area contributed by atoms with Gasteiger partial charge in [-0.05, 0) is 0 Å². The topological polar surface area (TPSA) is 18.5 Å². The third kappa shape index (κ3) is 5.22. The molecule has 2 radical (unpaired) electrons. The predicted molar refractivity (Wildman–Crippen MR) is 118 cm³/mol. The molecule has 0 unspecified atom stereocenters. The first-order valence-electron chi connectivity index (χ1n) is 7.65. The molecule has 4 aliphatic heterocycles. The summed E-state index contributed by atoms with van der Waals surface area (Å²) >= 11 is 0.915. The van der Waals surface area contributed by atoms with Gasteiger partial charge in [0, 0.05) is 0 Å². The van der Waals surface area contributed by atoms with Gasteiger partial charge in [0.05, 0.1) is 0 Å². The molecule has 4 aliphatic rings. The fourth-order valence-corrected chi connectivity index (χ4v) is 35.3. The monoisotopic (exact) mass is 879 g/mol. The van der Waals surface area contributed by atoms with E-state index in [1.807, 2.05) is 0 Å². The minimum atomic E-state index is -1.27. The van der Waals surface area contributed by atoms with Crippen LogP contribution in [0, 0.1) is 0 Å². The molecule has 0 amide bonds. The molecule has 0 bridgehead atoms. The van der Waals surface area contributed by atoms with Crippen LogP contribution in [0.15, 0.2) is 53.3 Å². The normalized spacial score (nSPS) is 23.6. The van der Waals surface area contributed by atoms with Crippen LogP contribution in [0.1, 0.15) is 20.3 Å². The van der Waals surface area contributed by atoms with E-state index in [1.54, 1.807) is 13.5 Å². The van der Waals surface area contributed by atoms with Crippen LogP contribution in [0.25, 0.3) is 0 Å². The molecule has 0 spiro atoms. The van der Waals surface area contributed by atoms with Crippen molar-refractivity contribution in [3.8, 4) is 0 Å². The standard InChI is InChI=1S/C16H16O2Se8/c1-3-16(2,17-25-10-8-23-14(25)12-19-4-5-20-12)18-26-11-9-24-15(26)13-21-6-7-22-13/h4-11H,3H2,1-2H3. The van der Waals surface area contributed by atoms with E-state index in [0.29, 0.717) is 89.7 Å². The van der Waals surface area contributed by atoms with Crippen molar-refractivity contribution in [3.05, 3.63) is 53.3 Å². The Hall–Kier alpha value is 2.52. The van der Waals surface area contributed by atoms with Crippen molar-refractivity contribution in [1.29, 1.82) is 0 Å². The average molecular weight is 872 g/mol. The third-order valence-electron chi connectivity index (χ3n) is 3.39. The van der Waals surface area contributed by atoms with Crippen LogP contribution in [0.5, 0.6) is 0 Å². The number of hydrogen-bond donors (Lipinski definition) is 0. The number of rotatable bonds is 5. The van der Waals surface area contributed by atoms with Gasteiger partial charge in [-0.15, -0.1) is 0 Å². The van der Waals surface area contributed by atoms with Gasteiger partial charge in [0.25, 0.3) is 0 Å². The van der Waals surface area contributed by atoms with Crippen LogP contribution in [0.2, 0.25) is 0 Å². The van der Waals surface area contributed by atoms with Crippen molar-refractivity contribution < 1.29 is 7.64 Å². The Balaban J connectivity index is 1.48. The molecule has 2 nitrogen and oxygen atoms in total. The van der Waals surface area contributed by atoms with Crippen LogP contribution in [-0.4, -0.2) is 124 Å². The average Bonchev–Trinajstić information content (AvgIpc) is 3.41. The van der Waals surface area contributed by atoms with E-state index >= 15 is 0 Å². The van der Waals surface area contributed by atoms with Crippen LogP contribution in [0.3, 0.4) is 0 Å². The summed E-state index contributed by atoms with van der Waals surface area (Å²) in [4.78, 5) is 19.2. The van der Waals surface area contributed by atoms with Crippen LogP contribution in [0.4, 0.5) is 0 Å². The summed E-state index contributed by atoms with van der Waals surface area (Å²) < 4.78 is 20.5. The third-order valence-corrected chi connectivity index (χ3v) is 36.9. The Labute approximate surface area is 202 Å². The second-order valence-corrected chi connectivity index (χ2v) is 28.0. The SMILES string of the molecule is CCC(C)(O[Se]1C=C[Se]C1=C1[Se]C=C[Se]1)O[Se]1C=C[Se]C1=C1[Se]C=C[Se]1. The molecule has 10 heteroatoms. The maximum absolute atomic E-state index is 6.79. The van der Waals surface area contributed by atoms with Crippen molar-refractivity contribution in [2.45, 2.75) is 26.1 Å². The van der Waals surface area contributed by atoms with E-state index in [1.165, 1.54) is 0 Å². The molecule has 0 aromatic heterocycles. The summed E-state index contributed by atoms with van der Waals surface area (Å²) in [5, 5.41) is 0. The quantitative estimate of drug-likeness (QED) is 0.302. The second kappa shape index (κ2) is 10.2. The van der Waals surface area contributed by atoms with E-state index < -0.39 is 34.2 Å². The van der Waals surface area contributed by atoms with Crippen molar-refractivity contribution in [2.24, 2.45) is 0 Å². The summed E-state index contributed by atoms with van der Waals surface area (Å²) in [6.45, 7) is 4.43. The predicted octanol–water partition coefficient (Wildman–Crippen LogP) is 0.873.